The van der Waals surface area contributed by atoms with Crippen LogP contribution in [-0.4, -0.2) is 17.7 Å². The Bertz CT molecular complexity index is 609. The molecule has 0 bridgehead atoms. The smallest absolute Gasteiger partial charge is 0.315 e. The fourth-order valence-electron chi connectivity index (χ4n) is 2.01. The van der Waals surface area contributed by atoms with Gasteiger partial charge in [0, 0.05) is 0 Å². The average Bonchev–Trinajstić information content (AvgIpc) is 3.01. The first-order chi connectivity index (χ1) is 10.4. The molecule has 0 aliphatic rings. The van der Waals surface area contributed by atoms with E-state index < -0.39 is 11.6 Å². The highest BCUT2D eigenvalue weighted by molar-refractivity contribution is 5.74. The summed E-state index contributed by atoms with van der Waals surface area (Å²) < 4.78 is 18.0. The largest absolute Gasteiger partial charge is 0.466 e. The Morgan fingerprint density at radius 1 is 1.36 bits per heavy atom. The van der Waals surface area contributed by atoms with Crippen LogP contribution < -0.4 is 10.6 Å². The second-order valence-electron chi connectivity index (χ2n) is 5.35. The number of nitrogens with one attached hydrogen (secondary N) is 2. The van der Waals surface area contributed by atoms with Gasteiger partial charge in [0.05, 0.1) is 18.8 Å². The maximum Gasteiger partial charge on any atom is 0.315 e. The molecule has 22 heavy (non-hydrogen) atoms. The topological polar surface area (TPSA) is 74.5 Å². The third-order valence-electron chi connectivity index (χ3n) is 3.36. The van der Waals surface area contributed by atoms with E-state index in [0.29, 0.717) is 5.76 Å². The molecule has 0 saturated carbocycles. The van der Waals surface area contributed by atoms with Crippen LogP contribution in [0.15, 0.2) is 47.1 Å². The monoisotopic (exact) mass is 306 g/mol. The van der Waals surface area contributed by atoms with E-state index in [1.54, 1.807) is 38.1 Å². The molecule has 2 atom stereocenters. The Hall–Kier alpha value is -2.34. The lowest BCUT2D eigenvalue weighted by Gasteiger charge is -2.22. The van der Waals surface area contributed by atoms with Gasteiger partial charge < -0.3 is 20.2 Å². The van der Waals surface area contributed by atoms with Crippen molar-refractivity contribution in [1.29, 1.82) is 0 Å². The Kier molecular flexibility index (Phi) is 4.82. The minimum Gasteiger partial charge on any atom is -0.466 e. The molecule has 0 unspecified atom stereocenters. The Morgan fingerprint density at radius 2 is 2.05 bits per heavy atom. The summed E-state index contributed by atoms with van der Waals surface area (Å²) in [6.45, 7) is 3.34. The molecule has 6 heteroatoms. The number of furan rings is 1. The van der Waals surface area contributed by atoms with Gasteiger partial charge in [-0.3, -0.25) is 0 Å². The van der Waals surface area contributed by atoms with Gasteiger partial charge in [0.1, 0.15) is 17.2 Å². The molecule has 1 aromatic heterocycles. The van der Waals surface area contributed by atoms with Crippen molar-refractivity contribution in [2.24, 2.45) is 0 Å². The number of amides is 2. The Labute approximate surface area is 128 Å². The summed E-state index contributed by atoms with van der Waals surface area (Å²) >= 11 is 0. The molecular weight excluding hydrogens is 287 g/mol. The van der Waals surface area contributed by atoms with Crippen molar-refractivity contribution < 1.29 is 18.7 Å². The molecule has 1 heterocycles. The summed E-state index contributed by atoms with van der Waals surface area (Å²) in [6, 6.07) is 8.50. The Balaban J connectivity index is 1.86. The number of benzene rings is 1. The van der Waals surface area contributed by atoms with Gasteiger partial charge in [-0.15, -0.1) is 0 Å². The third-order valence-corrected chi connectivity index (χ3v) is 3.36. The molecule has 0 saturated heterocycles. The number of carbonyl (C=O) groups excluding carboxylic acids is 1. The van der Waals surface area contributed by atoms with Crippen LogP contribution in [0.2, 0.25) is 0 Å². The lowest BCUT2D eigenvalue weighted by atomic mass is 10.0. The minimum absolute atomic E-state index is 0.00246. The predicted octanol–water partition coefficient (Wildman–Crippen LogP) is 2.69. The maximum absolute atomic E-state index is 12.9. The predicted molar refractivity (Wildman–Crippen MR) is 79.6 cm³/mol. The van der Waals surface area contributed by atoms with Gasteiger partial charge in [-0.05, 0) is 43.7 Å². The lowest BCUT2D eigenvalue weighted by molar-refractivity contribution is 0.0366. The summed E-state index contributed by atoms with van der Waals surface area (Å²) in [5, 5.41) is 15.5. The van der Waals surface area contributed by atoms with Crippen molar-refractivity contribution in [1.82, 2.24) is 10.6 Å². The van der Waals surface area contributed by atoms with Crippen LogP contribution in [0.3, 0.4) is 0 Å². The van der Waals surface area contributed by atoms with Crippen LogP contribution in [0.4, 0.5) is 9.18 Å². The number of hydrogen-bond donors (Lipinski definition) is 3. The summed E-state index contributed by atoms with van der Waals surface area (Å²) in [5.74, 6) is 0.0503. The summed E-state index contributed by atoms with van der Waals surface area (Å²) in [4.78, 5) is 11.9. The minimum atomic E-state index is -1.29. The highest BCUT2D eigenvalue weighted by atomic mass is 19.1. The maximum atomic E-state index is 12.9. The average molecular weight is 306 g/mol. The van der Waals surface area contributed by atoms with Gasteiger partial charge in [0.25, 0.3) is 0 Å². The number of carbonyl (C=O) groups is 1. The summed E-state index contributed by atoms with van der Waals surface area (Å²) in [5.41, 5.74) is -0.505. The number of rotatable bonds is 5. The van der Waals surface area contributed by atoms with Gasteiger partial charge in [-0.2, -0.15) is 0 Å². The molecule has 2 rings (SSSR count). The number of hydrogen-bond acceptors (Lipinski definition) is 3. The molecule has 0 radical (unpaired) electrons. The Morgan fingerprint density at radius 3 is 2.64 bits per heavy atom. The second kappa shape index (κ2) is 6.62. The van der Waals surface area contributed by atoms with Gasteiger partial charge in [-0.25, -0.2) is 9.18 Å². The SMILES string of the molecule is C[C@H](NC(=O)NC[C@@](C)(O)c1ccco1)c1ccc(F)cc1. The van der Waals surface area contributed by atoms with Crippen molar-refractivity contribution in [2.75, 3.05) is 6.54 Å². The molecule has 0 aliphatic carbocycles. The zero-order valence-corrected chi connectivity index (χ0v) is 12.5. The van der Waals surface area contributed by atoms with E-state index in [1.165, 1.54) is 18.4 Å². The van der Waals surface area contributed by atoms with E-state index >= 15 is 0 Å². The third kappa shape index (κ3) is 4.08. The van der Waals surface area contributed by atoms with E-state index in [4.69, 9.17) is 4.42 Å². The molecule has 5 nitrogen and oxygen atoms in total. The highest BCUT2D eigenvalue weighted by Gasteiger charge is 2.26. The fourth-order valence-corrected chi connectivity index (χ4v) is 2.01. The van der Waals surface area contributed by atoms with E-state index in [-0.39, 0.29) is 18.4 Å². The van der Waals surface area contributed by atoms with Gasteiger partial charge in [-0.1, -0.05) is 12.1 Å². The fraction of sp³-hybridized carbons (Fsp3) is 0.312. The van der Waals surface area contributed by atoms with Gasteiger partial charge in [0.2, 0.25) is 0 Å². The standard InChI is InChI=1S/C16H19FN2O3/c1-11(12-5-7-13(17)8-6-12)19-15(20)18-10-16(2,21)14-4-3-9-22-14/h3-9,11,21H,10H2,1-2H3,(H2,18,19,20)/t11-,16+/m0/s1. The second-order valence-corrected chi connectivity index (χ2v) is 5.35. The van der Waals surface area contributed by atoms with Crippen molar-refractivity contribution in [3.05, 3.63) is 59.8 Å². The van der Waals surface area contributed by atoms with Crippen molar-refractivity contribution in [3.63, 3.8) is 0 Å². The van der Waals surface area contributed by atoms with Crippen LogP contribution in [0.5, 0.6) is 0 Å². The highest BCUT2D eigenvalue weighted by Crippen LogP contribution is 2.19. The number of urea groups is 1. The molecule has 0 aliphatic heterocycles. The molecule has 2 aromatic rings. The van der Waals surface area contributed by atoms with Crippen LogP contribution in [0, 0.1) is 5.82 Å². The molecule has 2 amide bonds. The zero-order chi connectivity index (χ0) is 16.2. The zero-order valence-electron chi connectivity index (χ0n) is 12.5. The lowest BCUT2D eigenvalue weighted by Crippen LogP contribution is -2.44. The first-order valence-electron chi connectivity index (χ1n) is 6.95. The van der Waals surface area contributed by atoms with Crippen LogP contribution >= 0.6 is 0 Å². The quantitative estimate of drug-likeness (QED) is 0.795. The van der Waals surface area contributed by atoms with E-state index in [0.717, 1.165) is 5.56 Å². The van der Waals surface area contributed by atoms with E-state index in [9.17, 15) is 14.3 Å². The van der Waals surface area contributed by atoms with E-state index in [2.05, 4.69) is 10.6 Å². The van der Waals surface area contributed by atoms with E-state index in [1.807, 2.05) is 0 Å². The van der Waals surface area contributed by atoms with Gasteiger partial charge >= 0.3 is 6.03 Å². The molecule has 3 N–H and O–H groups in total. The summed E-state index contributed by atoms with van der Waals surface area (Å²) in [7, 11) is 0. The van der Waals surface area contributed by atoms with Crippen molar-refractivity contribution in [3.8, 4) is 0 Å². The van der Waals surface area contributed by atoms with Gasteiger partial charge in [0.15, 0.2) is 0 Å². The molecule has 0 fully saturated rings. The van der Waals surface area contributed by atoms with Crippen LogP contribution in [-0.2, 0) is 5.60 Å². The van der Waals surface area contributed by atoms with Crippen LogP contribution in [0.25, 0.3) is 0 Å². The first kappa shape index (κ1) is 16.0. The first-order valence-corrected chi connectivity index (χ1v) is 6.95. The molecule has 118 valence electrons. The molecular formula is C16H19FN2O3. The normalized spacial score (nSPS) is 14.9. The molecule has 0 spiro atoms. The number of aliphatic hydroxyl groups is 1. The summed E-state index contributed by atoms with van der Waals surface area (Å²) in [6.07, 6.45) is 1.46. The number of halogens is 1. The van der Waals surface area contributed by atoms with Crippen molar-refractivity contribution in [2.45, 2.75) is 25.5 Å². The molecule has 1 aromatic carbocycles. The van der Waals surface area contributed by atoms with Crippen molar-refractivity contribution >= 4 is 6.03 Å². The van der Waals surface area contributed by atoms with Crippen LogP contribution in [0.1, 0.15) is 31.2 Å².